The van der Waals surface area contributed by atoms with Crippen molar-refractivity contribution >= 4 is 27.5 Å². The molecule has 0 saturated carbocycles. The molecule has 0 N–H and O–H groups in total. The van der Waals surface area contributed by atoms with E-state index in [0.29, 0.717) is 5.88 Å². The minimum absolute atomic E-state index is 0.444. The predicted molar refractivity (Wildman–Crippen MR) is 65.6 cm³/mol. The molecule has 2 nitrogen and oxygen atoms in total. The molecule has 0 radical (unpaired) electrons. The number of nitrogens with zero attached hydrogens (tertiary/aromatic N) is 2. The number of aromatic nitrogens is 2. The molecule has 2 aromatic rings. The molecule has 0 saturated heterocycles. The molecule has 1 heterocycles. The van der Waals surface area contributed by atoms with Gasteiger partial charge in [-0.15, -0.1) is 11.6 Å². The minimum atomic E-state index is 0.444. The summed E-state index contributed by atoms with van der Waals surface area (Å²) in [5.74, 6) is 0.444. The molecule has 0 amide bonds. The predicted octanol–water partition coefficient (Wildman–Crippen LogP) is 3.68. The van der Waals surface area contributed by atoms with E-state index in [4.69, 9.17) is 11.6 Å². The lowest BCUT2D eigenvalue weighted by Gasteiger charge is -2.03. The van der Waals surface area contributed by atoms with E-state index in [9.17, 15) is 0 Å². The second-order valence-electron chi connectivity index (χ2n) is 3.37. The smallest absolute Gasteiger partial charge is 0.0776 e. The molecule has 0 atom stereocenters. The first-order valence-electron chi connectivity index (χ1n) is 4.57. The quantitative estimate of drug-likeness (QED) is 0.770. The Balaban J connectivity index is 2.44. The molecule has 0 aliphatic carbocycles. The topological polar surface area (TPSA) is 17.8 Å². The van der Waals surface area contributed by atoms with Crippen LogP contribution in [0.5, 0.6) is 0 Å². The van der Waals surface area contributed by atoms with Gasteiger partial charge in [-0.05, 0) is 36.8 Å². The molecule has 0 bridgehead atoms. The number of aryl methyl sites for hydroxylation is 1. The Bertz CT molecular complexity index is 459. The largest absolute Gasteiger partial charge is 0.241 e. The molecule has 1 aromatic carbocycles. The highest BCUT2D eigenvalue weighted by Crippen LogP contribution is 2.18. The third-order valence-electron chi connectivity index (χ3n) is 2.07. The van der Waals surface area contributed by atoms with Crippen LogP contribution in [0, 0.1) is 6.92 Å². The van der Waals surface area contributed by atoms with Crippen LogP contribution in [0.15, 0.2) is 34.9 Å². The summed E-state index contributed by atoms with van der Waals surface area (Å²) >= 11 is 9.17. The fraction of sp³-hybridized carbons (Fsp3) is 0.182. The van der Waals surface area contributed by atoms with Crippen molar-refractivity contribution in [1.29, 1.82) is 0 Å². The van der Waals surface area contributed by atoms with Crippen LogP contribution in [0.4, 0.5) is 0 Å². The second kappa shape index (κ2) is 4.37. The average Bonchev–Trinajstić information content (AvgIpc) is 2.64. The number of halogens is 2. The van der Waals surface area contributed by atoms with Crippen molar-refractivity contribution in [2.24, 2.45) is 0 Å². The van der Waals surface area contributed by atoms with Gasteiger partial charge in [-0.25, -0.2) is 4.68 Å². The molecule has 4 heteroatoms. The molecule has 0 aliphatic heterocycles. The van der Waals surface area contributed by atoms with Crippen molar-refractivity contribution in [2.75, 3.05) is 0 Å². The Hall–Kier alpha value is -0.800. The highest BCUT2D eigenvalue weighted by molar-refractivity contribution is 9.10. The molecule has 0 spiro atoms. The number of rotatable bonds is 2. The fourth-order valence-corrected chi connectivity index (χ4v) is 2.16. The van der Waals surface area contributed by atoms with Crippen molar-refractivity contribution in [3.63, 3.8) is 0 Å². The Morgan fingerprint density at radius 1 is 1.40 bits per heavy atom. The van der Waals surface area contributed by atoms with Gasteiger partial charge < -0.3 is 0 Å². The van der Waals surface area contributed by atoms with E-state index in [0.717, 1.165) is 15.9 Å². The SMILES string of the molecule is Cc1cc(Br)cc(-n2ccc(CCl)n2)c1. The molecule has 15 heavy (non-hydrogen) atoms. The van der Waals surface area contributed by atoms with Crippen molar-refractivity contribution in [2.45, 2.75) is 12.8 Å². The second-order valence-corrected chi connectivity index (χ2v) is 4.55. The molecular formula is C11H10BrClN2. The maximum absolute atomic E-state index is 5.71. The van der Waals surface area contributed by atoms with Crippen LogP contribution >= 0.6 is 27.5 Å². The molecule has 0 fully saturated rings. The van der Waals surface area contributed by atoms with E-state index in [2.05, 4.69) is 40.1 Å². The summed E-state index contributed by atoms with van der Waals surface area (Å²) in [5, 5.41) is 4.35. The van der Waals surface area contributed by atoms with E-state index in [1.54, 1.807) is 0 Å². The Morgan fingerprint density at radius 3 is 2.80 bits per heavy atom. The summed E-state index contributed by atoms with van der Waals surface area (Å²) in [7, 11) is 0. The van der Waals surface area contributed by atoms with Gasteiger partial charge in [-0.1, -0.05) is 15.9 Å². The molecule has 2 rings (SSSR count). The number of hydrogen-bond acceptors (Lipinski definition) is 1. The Labute approximate surface area is 102 Å². The zero-order valence-corrected chi connectivity index (χ0v) is 10.6. The zero-order valence-electron chi connectivity index (χ0n) is 8.24. The van der Waals surface area contributed by atoms with Gasteiger partial charge in [0.15, 0.2) is 0 Å². The summed E-state index contributed by atoms with van der Waals surface area (Å²) in [6, 6.07) is 8.09. The van der Waals surface area contributed by atoms with Crippen molar-refractivity contribution in [3.8, 4) is 5.69 Å². The first kappa shape index (κ1) is 10.7. The first-order chi connectivity index (χ1) is 7.19. The van der Waals surface area contributed by atoms with Gasteiger partial charge in [-0.2, -0.15) is 5.10 Å². The van der Waals surface area contributed by atoms with Crippen LogP contribution in [0.1, 0.15) is 11.3 Å². The third kappa shape index (κ3) is 2.41. The fourth-order valence-electron chi connectivity index (χ4n) is 1.43. The normalized spacial score (nSPS) is 10.6. The Kier molecular flexibility index (Phi) is 3.12. The summed E-state index contributed by atoms with van der Waals surface area (Å²) < 4.78 is 2.88. The lowest BCUT2D eigenvalue weighted by Crippen LogP contribution is -1.96. The number of hydrogen-bond donors (Lipinski definition) is 0. The lowest BCUT2D eigenvalue weighted by molar-refractivity contribution is 0.857. The summed E-state index contributed by atoms with van der Waals surface area (Å²) in [5.41, 5.74) is 3.12. The molecular weight excluding hydrogens is 275 g/mol. The van der Waals surface area contributed by atoms with Crippen molar-refractivity contribution in [1.82, 2.24) is 9.78 Å². The van der Waals surface area contributed by atoms with Crippen molar-refractivity contribution in [3.05, 3.63) is 46.2 Å². The van der Waals surface area contributed by atoms with E-state index in [1.807, 2.05) is 23.0 Å². The van der Waals surface area contributed by atoms with Crippen LogP contribution in [-0.4, -0.2) is 9.78 Å². The van der Waals surface area contributed by atoms with Gasteiger partial charge in [0, 0.05) is 10.7 Å². The summed E-state index contributed by atoms with van der Waals surface area (Å²) in [6.45, 7) is 2.06. The van der Waals surface area contributed by atoms with Crippen LogP contribution in [0.3, 0.4) is 0 Å². The van der Waals surface area contributed by atoms with E-state index < -0.39 is 0 Å². The van der Waals surface area contributed by atoms with Crippen LogP contribution in [-0.2, 0) is 5.88 Å². The van der Waals surface area contributed by atoms with Crippen LogP contribution in [0.2, 0.25) is 0 Å². The van der Waals surface area contributed by atoms with E-state index in [-0.39, 0.29) is 0 Å². The first-order valence-corrected chi connectivity index (χ1v) is 5.90. The molecule has 1 aromatic heterocycles. The number of benzene rings is 1. The van der Waals surface area contributed by atoms with Crippen LogP contribution in [0.25, 0.3) is 5.69 Å². The highest BCUT2D eigenvalue weighted by atomic mass is 79.9. The monoisotopic (exact) mass is 284 g/mol. The highest BCUT2D eigenvalue weighted by Gasteiger charge is 2.01. The standard InChI is InChI=1S/C11H10BrClN2/c1-8-4-9(12)6-11(5-8)15-3-2-10(7-13)14-15/h2-6H,7H2,1H3. The van der Waals surface area contributed by atoms with Crippen LogP contribution < -0.4 is 0 Å². The van der Waals surface area contributed by atoms with E-state index in [1.165, 1.54) is 5.56 Å². The number of alkyl halides is 1. The maximum Gasteiger partial charge on any atom is 0.0776 e. The van der Waals surface area contributed by atoms with Gasteiger partial charge in [-0.3, -0.25) is 0 Å². The lowest BCUT2D eigenvalue weighted by atomic mass is 10.2. The molecule has 0 unspecified atom stereocenters. The van der Waals surface area contributed by atoms with Gasteiger partial charge in [0.1, 0.15) is 0 Å². The summed E-state index contributed by atoms with van der Waals surface area (Å²) in [6.07, 6.45) is 1.92. The van der Waals surface area contributed by atoms with Crippen molar-refractivity contribution < 1.29 is 0 Å². The molecule has 0 aliphatic rings. The zero-order chi connectivity index (χ0) is 10.8. The third-order valence-corrected chi connectivity index (χ3v) is 2.80. The summed E-state index contributed by atoms with van der Waals surface area (Å²) in [4.78, 5) is 0. The van der Waals surface area contributed by atoms with Gasteiger partial charge in [0.2, 0.25) is 0 Å². The Morgan fingerprint density at radius 2 is 2.20 bits per heavy atom. The minimum Gasteiger partial charge on any atom is -0.241 e. The van der Waals surface area contributed by atoms with Gasteiger partial charge in [0.05, 0.1) is 17.3 Å². The average molecular weight is 286 g/mol. The molecule has 78 valence electrons. The van der Waals surface area contributed by atoms with Gasteiger partial charge >= 0.3 is 0 Å². The van der Waals surface area contributed by atoms with E-state index >= 15 is 0 Å². The van der Waals surface area contributed by atoms with Gasteiger partial charge in [0.25, 0.3) is 0 Å². The maximum atomic E-state index is 5.71.